The van der Waals surface area contributed by atoms with Crippen molar-refractivity contribution in [3.63, 3.8) is 0 Å². The molecule has 14 heavy (non-hydrogen) atoms. The summed E-state index contributed by atoms with van der Waals surface area (Å²) in [6.07, 6.45) is 1.74. The van der Waals surface area contributed by atoms with E-state index in [0.717, 1.165) is 6.54 Å². The zero-order chi connectivity index (χ0) is 10.4. The Kier molecular flexibility index (Phi) is 4.19. The Morgan fingerprint density at radius 1 is 1.57 bits per heavy atom. The molecule has 1 amide bonds. The van der Waals surface area contributed by atoms with E-state index in [0.29, 0.717) is 18.2 Å². The molecule has 0 aromatic carbocycles. The molecule has 0 saturated heterocycles. The van der Waals surface area contributed by atoms with E-state index in [-0.39, 0.29) is 5.91 Å². The number of hydrogen-bond acceptors (Lipinski definition) is 2. The molecule has 1 rings (SSSR count). The summed E-state index contributed by atoms with van der Waals surface area (Å²) in [5.74, 6) is 0.400. The molecular formula is C10H17N3O. The van der Waals surface area contributed by atoms with E-state index >= 15 is 0 Å². The molecule has 4 heteroatoms. The van der Waals surface area contributed by atoms with Gasteiger partial charge < -0.3 is 15.6 Å². The summed E-state index contributed by atoms with van der Waals surface area (Å²) in [7, 11) is 1.91. The highest BCUT2D eigenvalue weighted by molar-refractivity contribution is 5.92. The number of amides is 1. The maximum Gasteiger partial charge on any atom is 0.267 e. The smallest absolute Gasteiger partial charge is 0.267 e. The van der Waals surface area contributed by atoms with E-state index in [1.54, 1.807) is 12.3 Å². The summed E-state index contributed by atoms with van der Waals surface area (Å²) < 4.78 is 0. The normalized spacial score (nSPS) is 12.4. The van der Waals surface area contributed by atoms with Gasteiger partial charge in [0.2, 0.25) is 0 Å². The molecule has 1 unspecified atom stereocenters. The predicted octanol–water partition coefficient (Wildman–Crippen LogP) is 0.600. The molecule has 1 heterocycles. The van der Waals surface area contributed by atoms with Crippen molar-refractivity contribution >= 4 is 5.91 Å². The Morgan fingerprint density at radius 2 is 2.36 bits per heavy atom. The third-order valence-electron chi connectivity index (χ3n) is 2.01. The molecule has 1 aromatic rings. The number of hydrogen-bond donors (Lipinski definition) is 3. The van der Waals surface area contributed by atoms with Crippen LogP contribution in [-0.2, 0) is 0 Å². The summed E-state index contributed by atoms with van der Waals surface area (Å²) in [4.78, 5) is 14.3. The summed E-state index contributed by atoms with van der Waals surface area (Å²) in [5.41, 5.74) is 0.613. The first-order valence-electron chi connectivity index (χ1n) is 4.80. The molecule has 78 valence electrons. The Hall–Kier alpha value is -1.29. The van der Waals surface area contributed by atoms with E-state index in [1.165, 1.54) is 0 Å². The van der Waals surface area contributed by atoms with E-state index in [2.05, 4.69) is 22.5 Å². The van der Waals surface area contributed by atoms with Crippen LogP contribution in [-0.4, -0.2) is 31.0 Å². The van der Waals surface area contributed by atoms with Gasteiger partial charge in [-0.05, 0) is 31.6 Å². The summed E-state index contributed by atoms with van der Waals surface area (Å²) in [5, 5.41) is 5.93. The number of H-pyrrole nitrogens is 1. The lowest BCUT2D eigenvalue weighted by Gasteiger charge is -2.11. The standard InChI is InChI=1S/C10H17N3O/c1-8(6-11-2)7-13-10(14)9-4-3-5-12-9/h3-5,8,11-12H,6-7H2,1-2H3,(H,13,14). The van der Waals surface area contributed by atoms with Crippen molar-refractivity contribution in [2.24, 2.45) is 5.92 Å². The molecule has 1 aromatic heterocycles. The second-order valence-corrected chi connectivity index (χ2v) is 3.46. The fourth-order valence-corrected chi connectivity index (χ4v) is 1.25. The van der Waals surface area contributed by atoms with Crippen molar-refractivity contribution in [1.29, 1.82) is 0 Å². The second kappa shape index (κ2) is 5.44. The average molecular weight is 195 g/mol. The maximum absolute atomic E-state index is 11.5. The minimum Gasteiger partial charge on any atom is -0.357 e. The number of rotatable bonds is 5. The van der Waals surface area contributed by atoms with Crippen LogP contribution in [0.3, 0.4) is 0 Å². The minimum absolute atomic E-state index is 0.0436. The van der Waals surface area contributed by atoms with Crippen molar-refractivity contribution in [2.45, 2.75) is 6.92 Å². The zero-order valence-electron chi connectivity index (χ0n) is 8.63. The highest BCUT2D eigenvalue weighted by Crippen LogP contribution is 1.95. The van der Waals surface area contributed by atoms with Crippen molar-refractivity contribution < 1.29 is 4.79 Å². The molecule has 0 fully saturated rings. The lowest BCUT2D eigenvalue weighted by Crippen LogP contribution is -2.32. The highest BCUT2D eigenvalue weighted by Gasteiger charge is 2.06. The van der Waals surface area contributed by atoms with Crippen molar-refractivity contribution in [2.75, 3.05) is 20.1 Å². The Balaban J connectivity index is 2.28. The molecule has 0 aliphatic rings. The first-order valence-corrected chi connectivity index (χ1v) is 4.80. The van der Waals surface area contributed by atoms with Crippen LogP contribution in [0.25, 0.3) is 0 Å². The molecular weight excluding hydrogens is 178 g/mol. The fraction of sp³-hybridized carbons (Fsp3) is 0.500. The maximum atomic E-state index is 11.5. The Bertz CT molecular complexity index is 269. The largest absolute Gasteiger partial charge is 0.357 e. The highest BCUT2D eigenvalue weighted by atomic mass is 16.1. The van der Waals surface area contributed by atoms with Crippen molar-refractivity contribution in [3.8, 4) is 0 Å². The van der Waals surface area contributed by atoms with Gasteiger partial charge in [-0.2, -0.15) is 0 Å². The summed E-state index contributed by atoms with van der Waals surface area (Å²) >= 11 is 0. The molecule has 0 radical (unpaired) electrons. The number of aromatic amines is 1. The van der Waals surface area contributed by atoms with Gasteiger partial charge in [-0.3, -0.25) is 4.79 Å². The number of aromatic nitrogens is 1. The average Bonchev–Trinajstić information content (AvgIpc) is 2.67. The van der Waals surface area contributed by atoms with Gasteiger partial charge in [0.15, 0.2) is 0 Å². The fourth-order valence-electron chi connectivity index (χ4n) is 1.25. The first kappa shape index (κ1) is 10.8. The molecule has 0 aliphatic heterocycles. The van der Waals surface area contributed by atoms with Crippen LogP contribution in [0.5, 0.6) is 0 Å². The Labute approximate surface area is 84.1 Å². The first-order chi connectivity index (χ1) is 6.74. The summed E-state index contributed by atoms with van der Waals surface area (Å²) in [6.45, 7) is 3.69. The topological polar surface area (TPSA) is 56.9 Å². The van der Waals surface area contributed by atoms with Crippen LogP contribution in [0.4, 0.5) is 0 Å². The third kappa shape index (κ3) is 3.22. The van der Waals surface area contributed by atoms with Gasteiger partial charge in [0.05, 0.1) is 0 Å². The van der Waals surface area contributed by atoms with Crippen LogP contribution >= 0.6 is 0 Å². The van der Waals surface area contributed by atoms with E-state index in [1.807, 2.05) is 13.1 Å². The van der Waals surface area contributed by atoms with Crippen LogP contribution in [0.2, 0.25) is 0 Å². The molecule has 0 aliphatic carbocycles. The third-order valence-corrected chi connectivity index (χ3v) is 2.01. The van der Waals surface area contributed by atoms with Gasteiger partial charge in [-0.1, -0.05) is 6.92 Å². The monoisotopic (exact) mass is 195 g/mol. The van der Waals surface area contributed by atoms with Crippen molar-refractivity contribution in [1.82, 2.24) is 15.6 Å². The lowest BCUT2D eigenvalue weighted by atomic mass is 10.2. The molecule has 3 N–H and O–H groups in total. The van der Waals surface area contributed by atoms with Gasteiger partial charge in [0.25, 0.3) is 5.91 Å². The van der Waals surface area contributed by atoms with Crippen molar-refractivity contribution in [3.05, 3.63) is 24.0 Å². The predicted molar refractivity (Wildman–Crippen MR) is 56.2 cm³/mol. The lowest BCUT2D eigenvalue weighted by molar-refractivity contribution is 0.0944. The van der Waals surface area contributed by atoms with Gasteiger partial charge in [0.1, 0.15) is 5.69 Å². The van der Waals surface area contributed by atoms with E-state index in [4.69, 9.17) is 0 Å². The van der Waals surface area contributed by atoms with Gasteiger partial charge in [-0.15, -0.1) is 0 Å². The molecule has 0 spiro atoms. The SMILES string of the molecule is CNCC(C)CNC(=O)c1ccc[nH]1. The molecule has 0 bridgehead atoms. The quantitative estimate of drug-likeness (QED) is 0.644. The second-order valence-electron chi connectivity index (χ2n) is 3.46. The number of nitrogens with one attached hydrogen (secondary N) is 3. The zero-order valence-corrected chi connectivity index (χ0v) is 8.63. The van der Waals surface area contributed by atoms with Crippen LogP contribution < -0.4 is 10.6 Å². The van der Waals surface area contributed by atoms with Crippen LogP contribution in [0.15, 0.2) is 18.3 Å². The van der Waals surface area contributed by atoms with E-state index in [9.17, 15) is 4.79 Å². The van der Waals surface area contributed by atoms with Gasteiger partial charge in [-0.25, -0.2) is 0 Å². The summed E-state index contributed by atoms with van der Waals surface area (Å²) in [6, 6.07) is 3.57. The van der Waals surface area contributed by atoms with Gasteiger partial charge >= 0.3 is 0 Å². The minimum atomic E-state index is -0.0436. The molecule has 0 saturated carbocycles. The number of carbonyl (C=O) groups is 1. The van der Waals surface area contributed by atoms with Crippen LogP contribution in [0, 0.1) is 5.92 Å². The van der Waals surface area contributed by atoms with Crippen LogP contribution in [0.1, 0.15) is 17.4 Å². The molecule has 4 nitrogen and oxygen atoms in total. The molecule has 1 atom stereocenters. The number of carbonyl (C=O) groups excluding carboxylic acids is 1. The van der Waals surface area contributed by atoms with E-state index < -0.39 is 0 Å². The van der Waals surface area contributed by atoms with Gasteiger partial charge in [0, 0.05) is 12.7 Å². The Morgan fingerprint density at radius 3 is 2.93 bits per heavy atom.